The number of aliphatic hydroxyl groups is 1. The molecule has 1 saturated heterocycles. The summed E-state index contributed by atoms with van der Waals surface area (Å²) in [6.45, 7) is 6.07. The van der Waals surface area contributed by atoms with Crippen LogP contribution in [-0.2, 0) is 9.53 Å². The van der Waals surface area contributed by atoms with Crippen LogP contribution in [0.5, 0.6) is 0 Å². The molecule has 1 saturated carbocycles. The Morgan fingerprint density at radius 3 is 2.76 bits per heavy atom. The average molecular weight is 240 g/mol. The lowest BCUT2D eigenvalue weighted by molar-refractivity contribution is -0.147. The molecule has 0 aromatic heterocycles. The molecule has 17 heavy (non-hydrogen) atoms. The fourth-order valence-corrected chi connectivity index (χ4v) is 3.48. The molecular formula is C14H24O3. The zero-order chi connectivity index (χ0) is 12.6. The molecule has 0 spiro atoms. The van der Waals surface area contributed by atoms with Crippen LogP contribution >= 0.6 is 0 Å². The van der Waals surface area contributed by atoms with Crippen LogP contribution in [0, 0.1) is 23.7 Å². The zero-order valence-corrected chi connectivity index (χ0v) is 11.1. The van der Waals surface area contributed by atoms with Gasteiger partial charge in [-0.3, -0.25) is 4.79 Å². The van der Waals surface area contributed by atoms with Gasteiger partial charge in [-0.15, -0.1) is 0 Å². The lowest BCUT2D eigenvalue weighted by atomic mass is 9.68. The Morgan fingerprint density at radius 2 is 2.12 bits per heavy atom. The van der Waals surface area contributed by atoms with Crippen molar-refractivity contribution < 1.29 is 14.6 Å². The minimum Gasteiger partial charge on any atom is -0.462 e. The molecule has 98 valence electrons. The highest BCUT2D eigenvalue weighted by Crippen LogP contribution is 2.45. The van der Waals surface area contributed by atoms with E-state index in [9.17, 15) is 9.90 Å². The number of hydrogen-bond donors (Lipinski definition) is 1. The van der Waals surface area contributed by atoms with Gasteiger partial charge in [-0.25, -0.2) is 0 Å². The van der Waals surface area contributed by atoms with Gasteiger partial charge in [0.25, 0.3) is 0 Å². The third-order valence-electron chi connectivity index (χ3n) is 4.71. The molecule has 0 aromatic rings. The molecule has 1 aliphatic carbocycles. The second kappa shape index (κ2) is 4.97. The normalized spacial score (nSPS) is 43.1. The number of fused-ring (bicyclic) bond motifs is 1. The average Bonchev–Trinajstić information content (AvgIpc) is 2.54. The predicted octanol–water partition coefficient (Wildman–Crippen LogP) is 2.37. The summed E-state index contributed by atoms with van der Waals surface area (Å²) in [4.78, 5) is 11.7. The molecule has 3 heteroatoms. The highest BCUT2D eigenvalue weighted by atomic mass is 16.6. The van der Waals surface area contributed by atoms with Gasteiger partial charge in [0.05, 0.1) is 12.0 Å². The fourth-order valence-electron chi connectivity index (χ4n) is 3.48. The molecule has 2 fully saturated rings. The number of esters is 1. The smallest absolute Gasteiger partial charge is 0.309 e. The van der Waals surface area contributed by atoms with Crippen LogP contribution in [0.3, 0.4) is 0 Å². The minimum absolute atomic E-state index is 0.0175. The topological polar surface area (TPSA) is 46.5 Å². The maximum atomic E-state index is 11.7. The van der Waals surface area contributed by atoms with Crippen molar-refractivity contribution in [1.82, 2.24) is 0 Å². The zero-order valence-electron chi connectivity index (χ0n) is 11.1. The standard InChI is InChI=1S/C14H24O3/c1-8-4-6-12-10(3)14(16)17-13(12)11(8)7-5-9(2)15/h8-13,15H,4-7H2,1-3H3/t8-,9?,10-,11+,12+,13+/m1/s1. The number of carbonyl (C=O) groups is 1. The number of rotatable bonds is 3. The Kier molecular flexibility index (Phi) is 3.76. The summed E-state index contributed by atoms with van der Waals surface area (Å²) in [7, 11) is 0. The van der Waals surface area contributed by atoms with Crippen LogP contribution in [0.25, 0.3) is 0 Å². The highest BCUT2D eigenvalue weighted by molar-refractivity contribution is 5.74. The molecule has 6 atom stereocenters. The van der Waals surface area contributed by atoms with Crippen molar-refractivity contribution in [1.29, 1.82) is 0 Å². The first kappa shape index (κ1) is 12.9. The summed E-state index contributed by atoms with van der Waals surface area (Å²) >= 11 is 0. The van der Waals surface area contributed by atoms with E-state index < -0.39 is 0 Å². The number of ether oxygens (including phenoxy) is 1. The van der Waals surface area contributed by atoms with Gasteiger partial charge in [-0.1, -0.05) is 13.8 Å². The van der Waals surface area contributed by atoms with E-state index in [0.717, 1.165) is 19.3 Å². The number of aliphatic hydroxyl groups excluding tert-OH is 1. The molecule has 2 aliphatic rings. The quantitative estimate of drug-likeness (QED) is 0.770. The molecule has 1 aliphatic heterocycles. The first-order chi connectivity index (χ1) is 8.00. The Hall–Kier alpha value is -0.570. The summed E-state index contributed by atoms with van der Waals surface area (Å²) in [5.74, 6) is 1.51. The molecule has 1 N–H and O–H groups in total. The Bertz CT molecular complexity index is 287. The van der Waals surface area contributed by atoms with Crippen molar-refractivity contribution in [2.24, 2.45) is 23.7 Å². The third kappa shape index (κ3) is 2.49. The Balaban J connectivity index is 2.04. The van der Waals surface area contributed by atoms with Crippen LogP contribution in [-0.4, -0.2) is 23.3 Å². The SMILES string of the molecule is CC(O)CC[C@@H]1[C@@H]2OC(=O)[C@H](C)[C@@H]2CC[C@H]1C. The van der Waals surface area contributed by atoms with E-state index in [1.54, 1.807) is 0 Å². The van der Waals surface area contributed by atoms with Crippen LogP contribution in [0.2, 0.25) is 0 Å². The number of carbonyl (C=O) groups excluding carboxylic acids is 1. The Labute approximate surface area is 104 Å². The molecule has 2 rings (SSSR count). The van der Waals surface area contributed by atoms with Crippen molar-refractivity contribution in [3.05, 3.63) is 0 Å². The molecule has 1 heterocycles. The van der Waals surface area contributed by atoms with Gasteiger partial charge in [-0.2, -0.15) is 0 Å². The molecular weight excluding hydrogens is 216 g/mol. The van der Waals surface area contributed by atoms with Crippen molar-refractivity contribution >= 4 is 5.97 Å². The van der Waals surface area contributed by atoms with Crippen molar-refractivity contribution in [3.63, 3.8) is 0 Å². The van der Waals surface area contributed by atoms with E-state index in [0.29, 0.717) is 17.8 Å². The number of hydrogen-bond acceptors (Lipinski definition) is 3. The minimum atomic E-state index is -0.253. The van der Waals surface area contributed by atoms with Gasteiger partial charge in [0.15, 0.2) is 0 Å². The predicted molar refractivity (Wildman–Crippen MR) is 65.3 cm³/mol. The van der Waals surface area contributed by atoms with E-state index in [2.05, 4.69) is 6.92 Å². The fraction of sp³-hybridized carbons (Fsp3) is 0.929. The van der Waals surface area contributed by atoms with E-state index in [1.807, 2.05) is 13.8 Å². The van der Waals surface area contributed by atoms with Crippen molar-refractivity contribution in [2.45, 2.75) is 58.7 Å². The summed E-state index contributed by atoms with van der Waals surface area (Å²) in [6, 6.07) is 0. The summed E-state index contributed by atoms with van der Waals surface area (Å²) < 4.78 is 5.57. The second-order valence-corrected chi connectivity index (χ2v) is 6.00. The third-order valence-corrected chi connectivity index (χ3v) is 4.71. The lowest BCUT2D eigenvalue weighted by Gasteiger charge is -2.37. The lowest BCUT2D eigenvalue weighted by Crippen LogP contribution is -2.37. The summed E-state index contributed by atoms with van der Waals surface area (Å²) in [6.07, 6.45) is 3.94. The van der Waals surface area contributed by atoms with Gasteiger partial charge < -0.3 is 9.84 Å². The van der Waals surface area contributed by atoms with Crippen LogP contribution < -0.4 is 0 Å². The Morgan fingerprint density at radius 1 is 1.41 bits per heavy atom. The van der Waals surface area contributed by atoms with Crippen molar-refractivity contribution in [3.8, 4) is 0 Å². The summed E-state index contributed by atoms with van der Waals surface area (Å²) in [5.41, 5.74) is 0. The molecule has 1 unspecified atom stereocenters. The summed E-state index contributed by atoms with van der Waals surface area (Å²) in [5, 5.41) is 9.41. The van der Waals surface area contributed by atoms with E-state index >= 15 is 0 Å². The molecule has 0 aromatic carbocycles. The van der Waals surface area contributed by atoms with E-state index in [-0.39, 0.29) is 24.1 Å². The monoisotopic (exact) mass is 240 g/mol. The maximum absolute atomic E-state index is 11.7. The van der Waals surface area contributed by atoms with Crippen LogP contribution in [0.15, 0.2) is 0 Å². The van der Waals surface area contributed by atoms with Crippen LogP contribution in [0.1, 0.15) is 46.5 Å². The van der Waals surface area contributed by atoms with Gasteiger partial charge in [0.1, 0.15) is 6.10 Å². The van der Waals surface area contributed by atoms with Crippen LogP contribution in [0.4, 0.5) is 0 Å². The van der Waals surface area contributed by atoms with Gasteiger partial charge in [0.2, 0.25) is 0 Å². The second-order valence-electron chi connectivity index (χ2n) is 6.00. The van der Waals surface area contributed by atoms with Gasteiger partial charge in [-0.05, 0) is 44.4 Å². The molecule has 0 bridgehead atoms. The maximum Gasteiger partial charge on any atom is 0.309 e. The molecule has 3 nitrogen and oxygen atoms in total. The largest absolute Gasteiger partial charge is 0.462 e. The molecule has 0 radical (unpaired) electrons. The van der Waals surface area contributed by atoms with Gasteiger partial charge >= 0.3 is 5.97 Å². The molecule has 0 amide bonds. The van der Waals surface area contributed by atoms with E-state index in [4.69, 9.17) is 4.74 Å². The first-order valence-electron chi connectivity index (χ1n) is 6.89. The van der Waals surface area contributed by atoms with Gasteiger partial charge in [0, 0.05) is 5.92 Å². The van der Waals surface area contributed by atoms with E-state index in [1.165, 1.54) is 6.42 Å². The first-order valence-corrected chi connectivity index (χ1v) is 6.89. The highest BCUT2D eigenvalue weighted by Gasteiger charge is 2.49. The van der Waals surface area contributed by atoms with Crippen molar-refractivity contribution in [2.75, 3.05) is 0 Å².